The van der Waals surface area contributed by atoms with Gasteiger partial charge in [0.25, 0.3) is 11.6 Å². The van der Waals surface area contributed by atoms with E-state index in [4.69, 9.17) is 28.6 Å². The number of nitrogens with one attached hydrogen (secondary N) is 2. The number of benzene rings is 2. The van der Waals surface area contributed by atoms with Gasteiger partial charge in [0.2, 0.25) is 0 Å². The first-order valence-corrected chi connectivity index (χ1v) is 7.39. The summed E-state index contributed by atoms with van der Waals surface area (Å²) in [5.74, 6) is -0.0513. The number of halogens is 1. The van der Waals surface area contributed by atoms with Crippen molar-refractivity contribution >= 4 is 46.2 Å². The second-order valence-electron chi connectivity index (χ2n) is 4.57. The maximum Gasteiger partial charge on any atom is 0.270 e. The summed E-state index contributed by atoms with van der Waals surface area (Å²) in [6, 6.07) is 10.3. The number of nitro groups is 1. The van der Waals surface area contributed by atoms with Crippen molar-refractivity contribution in [3.05, 3.63) is 63.2 Å². The molecule has 0 unspecified atom stereocenters. The average Bonchev–Trinajstić information content (AvgIpc) is 2.55. The number of ether oxygens (including phenoxy) is 1. The van der Waals surface area contributed by atoms with Crippen molar-refractivity contribution in [2.45, 2.75) is 0 Å². The second-order valence-corrected chi connectivity index (χ2v) is 5.38. The summed E-state index contributed by atoms with van der Waals surface area (Å²) in [4.78, 5) is 22.2. The molecular formula is C15H12ClN3O4S. The molecule has 0 fully saturated rings. The van der Waals surface area contributed by atoms with Gasteiger partial charge in [-0.15, -0.1) is 0 Å². The quantitative estimate of drug-likeness (QED) is 0.490. The Kier molecular flexibility index (Phi) is 5.67. The third-order valence-corrected chi connectivity index (χ3v) is 3.46. The molecule has 124 valence electrons. The number of hydrogen-bond donors (Lipinski definition) is 2. The van der Waals surface area contributed by atoms with Crippen LogP contribution in [0.3, 0.4) is 0 Å². The van der Waals surface area contributed by atoms with E-state index in [9.17, 15) is 14.9 Å². The first-order chi connectivity index (χ1) is 11.4. The van der Waals surface area contributed by atoms with Gasteiger partial charge in [0.15, 0.2) is 5.11 Å². The number of carbonyl (C=O) groups excluding carboxylic acids is 1. The van der Waals surface area contributed by atoms with E-state index in [0.717, 1.165) is 0 Å². The molecule has 9 heteroatoms. The first-order valence-electron chi connectivity index (χ1n) is 6.61. The van der Waals surface area contributed by atoms with Crippen LogP contribution in [-0.2, 0) is 0 Å². The van der Waals surface area contributed by atoms with Crippen molar-refractivity contribution < 1.29 is 14.5 Å². The molecule has 24 heavy (non-hydrogen) atoms. The van der Waals surface area contributed by atoms with E-state index in [1.54, 1.807) is 18.2 Å². The van der Waals surface area contributed by atoms with Crippen molar-refractivity contribution in [2.24, 2.45) is 0 Å². The summed E-state index contributed by atoms with van der Waals surface area (Å²) in [6.45, 7) is 0. The number of methoxy groups -OCH3 is 1. The van der Waals surface area contributed by atoms with E-state index in [0.29, 0.717) is 16.5 Å². The standard InChI is InChI=1S/C15H12ClN3O4S/c1-23-13-6-5-10(8-12(13)16)17-15(24)18-14(20)9-3-2-4-11(7-9)19(21)22/h2-8H,1H3,(H2,17,18,20,24). The minimum absolute atomic E-state index is 0.0349. The Hall–Kier alpha value is -2.71. The van der Waals surface area contributed by atoms with Crippen LogP contribution in [0.4, 0.5) is 11.4 Å². The molecule has 0 saturated carbocycles. The normalized spacial score (nSPS) is 9.92. The highest BCUT2D eigenvalue weighted by Crippen LogP contribution is 2.27. The van der Waals surface area contributed by atoms with Gasteiger partial charge in [-0.2, -0.15) is 0 Å². The van der Waals surface area contributed by atoms with Crippen molar-refractivity contribution in [2.75, 3.05) is 12.4 Å². The number of carbonyl (C=O) groups is 1. The predicted molar refractivity (Wildman–Crippen MR) is 94.8 cm³/mol. The third kappa shape index (κ3) is 4.40. The van der Waals surface area contributed by atoms with Gasteiger partial charge in [0.1, 0.15) is 5.75 Å². The zero-order valence-corrected chi connectivity index (χ0v) is 14.0. The maximum absolute atomic E-state index is 12.1. The molecule has 0 spiro atoms. The molecule has 2 rings (SSSR count). The summed E-state index contributed by atoms with van der Waals surface area (Å²) in [6.07, 6.45) is 0. The molecule has 0 saturated heterocycles. The number of amides is 1. The molecule has 0 atom stereocenters. The van der Waals surface area contributed by atoms with Gasteiger partial charge in [-0.25, -0.2) is 0 Å². The molecular weight excluding hydrogens is 354 g/mol. The Labute approximate surface area is 147 Å². The van der Waals surface area contributed by atoms with Crippen molar-refractivity contribution in [3.8, 4) is 5.75 Å². The number of nitro benzene ring substituents is 1. The van der Waals surface area contributed by atoms with Gasteiger partial charge in [-0.1, -0.05) is 17.7 Å². The van der Waals surface area contributed by atoms with Crippen LogP contribution in [0.2, 0.25) is 5.02 Å². The van der Waals surface area contributed by atoms with Crippen LogP contribution in [0.1, 0.15) is 10.4 Å². The van der Waals surface area contributed by atoms with Gasteiger partial charge < -0.3 is 10.1 Å². The SMILES string of the molecule is COc1ccc(NC(=S)NC(=O)c2cccc([N+](=O)[O-])c2)cc1Cl. The maximum atomic E-state index is 12.1. The molecule has 0 heterocycles. The fraction of sp³-hybridized carbons (Fsp3) is 0.0667. The molecule has 0 aliphatic carbocycles. The average molecular weight is 366 g/mol. The summed E-state index contributed by atoms with van der Waals surface area (Å²) < 4.78 is 5.04. The summed E-state index contributed by atoms with van der Waals surface area (Å²) in [5, 5.41) is 16.4. The predicted octanol–water partition coefficient (Wildman–Crippen LogP) is 3.38. The number of thiocarbonyl (C=S) groups is 1. The van der Waals surface area contributed by atoms with E-state index in [2.05, 4.69) is 10.6 Å². The van der Waals surface area contributed by atoms with Crippen molar-refractivity contribution in [1.29, 1.82) is 0 Å². The Balaban J connectivity index is 2.04. The number of anilines is 1. The van der Waals surface area contributed by atoms with Gasteiger partial charge >= 0.3 is 0 Å². The fourth-order valence-electron chi connectivity index (χ4n) is 1.84. The Morgan fingerprint density at radius 1 is 1.29 bits per heavy atom. The first kappa shape index (κ1) is 17.6. The van der Waals surface area contributed by atoms with Crippen LogP contribution in [0.25, 0.3) is 0 Å². The molecule has 0 bridgehead atoms. The van der Waals surface area contributed by atoms with Gasteiger partial charge in [-0.3, -0.25) is 20.2 Å². The van der Waals surface area contributed by atoms with Gasteiger partial charge in [0.05, 0.1) is 17.1 Å². The van der Waals surface area contributed by atoms with E-state index < -0.39 is 10.8 Å². The molecule has 1 amide bonds. The highest BCUT2D eigenvalue weighted by Gasteiger charge is 2.13. The Morgan fingerprint density at radius 2 is 2.04 bits per heavy atom. The molecule has 2 N–H and O–H groups in total. The van der Waals surface area contributed by atoms with E-state index >= 15 is 0 Å². The van der Waals surface area contributed by atoms with Crippen LogP contribution in [-0.4, -0.2) is 23.1 Å². The molecule has 2 aromatic carbocycles. The van der Waals surface area contributed by atoms with Crippen LogP contribution in [0.5, 0.6) is 5.75 Å². The van der Waals surface area contributed by atoms with E-state index in [-0.39, 0.29) is 16.4 Å². The molecule has 2 aromatic rings. The van der Waals surface area contributed by atoms with E-state index in [1.165, 1.54) is 31.4 Å². The highest BCUT2D eigenvalue weighted by molar-refractivity contribution is 7.80. The van der Waals surface area contributed by atoms with Crippen LogP contribution >= 0.6 is 23.8 Å². The van der Waals surface area contributed by atoms with Crippen LogP contribution in [0.15, 0.2) is 42.5 Å². The molecule has 0 aliphatic rings. The lowest BCUT2D eigenvalue weighted by Gasteiger charge is -2.11. The fourth-order valence-corrected chi connectivity index (χ4v) is 2.31. The lowest BCUT2D eigenvalue weighted by molar-refractivity contribution is -0.384. The lowest BCUT2D eigenvalue weighted by atomic mass is 10.2. The zero-order valence-electron chi connectivity index (χ0n) is 12.4. The topological polar surface area (TPSA) is 93.5 Å². The molecule has 7 nitrogen and oxygen atoms in total. The molecule has 0 aliphatic heterocycles. The van der Waals surface area contributed by atoms with Gasteiger partial charge in [-0.05, 0) is 36.5 Å². The minimum atomic E-state index is -0.577. The third-order valence-electron chi connectivity index (χ3n) is 2.96. The minimum Gasteiger partial charge on any atom is -0.495 e. The summed E-state index contributed by atoms with van der Waals surface area (Å²) in [7, 11) is 1.50. The highest BCUT2D eigenvalue weighted by atomic mass is 35.5. The second kappa shape index (κ2) is 7.71. The number of rotatable bonds is 4. The Morgan fingerprint density at radius 3 is 2.67 bits per heavy atom. The largest absolute Gasteiger partial charge is 0.495 e. The number of non-ortho nitro benzene ring substituents is 1. The van der Waals surface area contributed by atoms with Gasteiger partial charge in [0, 0.05) is 23.4 Å². The summed E-state index contributed by atoms with van der Waals surface area (Å²) >= 11 is 11.1. The summed E-state index contributed by atoms with van der Waals surface area (Å²) in [5.41, 5.74) is 0.509. The van der Waals surface area contributed by atoms with Crippen molar-refractivity contribution in [1.82, 2.24) is 5.32 Å². The number of hydrogen-bond acceptors (Lipinski definition) is 5. The van der Waals surface area contributed by atoms with Crippen LogP contribution in [0, 0.1) is 10.1 Å². The smallest absolute Gasteiger partial charge is 0.270 e. The molecule has 0 radical (unpaired) electrons. The van der Waals surface area contributed by atoms with E-state index in [1.807, 2.05) is 0 Å². The number of nitrogens with zero attached hydrogens (tertiary/aromatic N) is 1. The zero-order chi connectivity index (χ0) is 17.7. The van der Waals surface area contributed by atoms with Crippen LogP contribution < -0.4 is 15.4 Å². The lowest BCUT2D eigenvalue weighted by Crippen LogP contribution is -2.34. The van der Waals surface area contributed by atoms with Crippen molar-refractivity contribution in [3.63, 3.8) is 0 Å². The monoisotopic (exact) mass is 365 g/mol. The Bertz CT molecular complexity index is 813. The molecule has 0 aromatic heterocycles.